The van der Waals surface area contributed by atoms with Crippen LogP contribution in [0.1, 0.15) is 31.3 Å². The van der Waals surface area contributed by atoms with Gasteiger partial charge >= 0.3 is 12.2 Å². The summed E-state index contributed by atoms with van der Waals surface area (Å²) in [5.41, 5.74) is -0.874. The average molecular weight is 426 g/mol. The molecule has 3 heterocycles. The number of amides is 2. The van der Waals surface area contributed by atoms with Crippen molar-refractivity contribution in [3.8, 4) is 0 Å². The van der Waals surface area contributed by atoms with Crippen LogP contribution in [-0.2, 0) is 11.6 Å². The third-order valence-corrected chi connectivity index (χ3v) is 6.43. The first kappa shape index (κ1) is 19.9. The van der Waals surface area contributed by atoms with E-state index in [0.717, 1.165) is 11.1 Å². The molecule has 3 atom stereocenters. The number of halogens is 3. The fraction of sp³-hybridized carbons (Fsp3) is 0.556. The topological polar surface area (TPSA) is 83.0 Å². The summed E-state index contributed by atoms with van der Waals surface area (Å²) < 4.78 is 39.6. The van der Waals surface area contributed by atoms with Gasteiger partial charge in [-0.1, -0.05) is 32.1 Å². The number of nitrogens with one attached hydrogen (secondary N) is 2. The standard InChI is InChI=1S/C18H21F3N6OS/c1-17(2,3)14-25-26-16(29-14)24-15(28)23-12-9-7-27(8-10(9)12)13-11(18(19,20)21)5-4-6-22-13/h4-6,9-10,12H,7-8H2,1-3H3,(H2,23,24,26,28)/t9-,10+,12?. The summed E-state index contributed by atoms with van der Waals surface area (Å²) in [5.74, 6) is 0.186. The number of urea groups is 1. The minimum atomic E-state index is -4.44. The van der Waals surface area contributed by atoms with Crippen molar-refractivity contribution in [3.63, 3.8) is 0 Å². The second-order valence-electron chi connectivity index (χ2n) is 8.39. The number of carbonyl (C=O) groups is 1. The fourth-order valence-corrected chi connectivity index (χ4v) is 4.44. The Morgan fingerprint density at radius 3 is 2.48 bits per heavy atom. The van der Waals surface area contributed by atoms with Gasteiger partial charge in [-0.25, -0.2) is 9.78 Å². The molecule has 1 saturated heterocycles. The largest absolute Gasteiger partial charge is 0.419 e. The number of pyridine rings is 1. The maximum Gasteiger partial charge on any atom is 0.419 e. The van der Waals surface area contributed by atoms with E-state index in [0.29, 0.717) is 18.2 Å². The van der Waals surface area contributed by atoms with Crippen molar-refractivity contribution in [1.82, 2.24) is 20.5 Å². The van der Waals surface area contributed by atoms with Crippen molar-refractivity contribution in [3.05, 3.63) is 28.9 Å². The van der Waals surface area contributed by atoms with E-state index in [4.69, 9.17) is 0 Å². The Morgan fingerprint density at radius 1 is 1.21 bits per heavy atom. The Hall–Kier alpha value is -2.43. The molecule has 2 aromatic heterocycles. The quantitative estimate of drug-likeness (QED) is 0.785. The molecule has 2 amide bonds. The van der Waals surface area contributed by atoms with E-state index in [2.05, 4.69) is 25.8 Å². The third kappa shape index (κ3) is 4.00. The maximum atomic E-state index is 13.2. The van der Waals surface area contributed by atoms with Gasteiger partial charge < -0.3 is 10.2 Å². The van der Waals surface area contributed by atoms with E-state index < -0.39 is 11.7 Å². The SMILES string of the molecule is CC(C)(C)c1nnc(NC(=O)NC2[C@H]3CN(c4ncccc4C(F)(F)F)C[C@@H]23)s1. The van der Waals surface area contributed by atoms with Crippen molar-refractivity contribution in [1.29, 1.82) is 0 Å². The molecule has 1 unspecified atom stereocenters. The Morgan fingerprint density at radius 2 is 1.90 bits per heavy atom. The Kier molecular flexibility index (Phi) is 4.67. The highest BCUT2D eigenvalue weighted by Gasteiger charge is 2.57. The number of rotatable bonds is 3. The molecule has 0 bridgehead atoms. The van der Waals surface area contributed by atoms with Crippen LogP contribution < -0.4 is 15.5 Å². The number of piperidine rings is 1. The molecule has 0 spiro atoms. The van der Waals surface area contributed by atoms with E-state index in [1.807, 2.05) is 20.8 Å². The molecular formula is C18H21F3N6OS. The van der Waals surface area contributed by atoms with Gasteiger partial charge in [-0.2, -0.15) is 13.2 Å². The molecule has 1 aliphatic carbocycles. The Labute approximate surface area is 169 Å². The van der Waals surface area contributed by atoms with E-state index in [1.165, 1.54) is 23.6 Å². The zero-order valence-corrected chi connectivity index (χ0v) is 16.9. The first-order valence-corrected chi connectivity index (χ1v) is 10.0. The summed E-state index contributed by atoms with van der Waals surface area (Å²) in [4.78, 5) is 17.8. The van der Waals surface area contributed by atoms with Gasteiger partial charge in [0.2, 0.25) is 5.13 Å². The number of alkyl halides is 3. The second kappa shape index (κ2) is 6.82. The van der Waals surface area contributed by atoms with Gasteiger partial charge in [0.1, 0.15) is 10.8 Å². The van der Waals surface area contributed by atoms with Gasteiger partial charge in [-0.3, -0.25) is 5.32 Å². The summed E-state index contributed by atoms with van der Waals surface area (Å²) in [5, 5.41) is 14.9. The highest BCUT2D eigenvalue weighted by Crippen LogP contribution is 2.48. The first-order valence-electron chi connectivity index (χ1n) is 9.22. The van der Waals surface area contributed by atoms with Crippen molar-refractivity contribution in [2.45, 2.75) is 38.4 Å². The number of carbonyl (C=O) groups excluding carboxylic acids is 1. The monoisotopic (exact) mass is 426 g/mol. The predicted octanol–water partition coefficient (Wildman–Crippen LogP) is 3.51. The Bertz CT molecular complexity index is 913. The molecule has 7 nitrogen and oxygen atoms in total. The summed E-state index contributed by atoms with van der Waals surface area (Å²) in [6.07, 6.45) is -3.08. The molecule has 0 aromatic carbocycles. The van der Waals surface area contributed by atoms with Gasteiger partial charge in [-0.05, 0) is 12.1 Å². The molecule has 2 aromatic rings. The van der Waals surface area contributed by atoms with E-state index in [-0.39, 0.29) is 35.1 Å². The van der Waals surface area contributed by atoms with E-state index >= 15 is 0 Å². The van der Waals surface area contributed by atoms with Gasteiger partial charge in [0.15, 0.2) is 0 Å². The number of fused-ring (bicyclic) bond motifs is 1. The van der Waals surface area contributed by atoms with Crippen LogP contribution in [0.4, 0.5) is 28.9 Å². The zero-order chi connectivity index (χ0) is 21.0. The summed E-state index contributed by atoms with van der Waals surface area (Å²) in [6, 6.07) is 1.90. The highest BCUT2D eigenvalue weighted by molar-refractivity contribution is 7.15. The van der Waals surface area contributed by atoms with Crippen LogP contribution in [0.15, 0.2) is 18.3 Å². The lowest BCUT2D eigenvalue weighted by Crippen LogP contribution is -2.37. The van der Waals surface area contributed by atoms with Crippen LogP contribution in [0.2, 0.25) is 0 Å². The molecule has 2 aliphatic rings. The van der Waals surface area contributed by atoms with Gasteiger partial charge in [0.05, 0.1) is 5.56 Å². The van der Waals surface area contributed by atoms with Crippen LogP contribution in [0.3, 0.4) is 0 Å². The number of nitrogens with zero attached hydrogens (tertiary/aromatic N) is 4. The third-order valence-electron chi connectivity index (χ3n) is 5.17. The zero-order valence-electron chi connectivity index (χ0n) is 16.1. The molecule has 1 saturated carbocycles. The normalized spacial score (nSPS) is 23.7. The number of hydrogen-bond acceptors (Lipinski definition) is 6. The van der Waals surface area contributed by atoms with Gasteiger partial charge in [-0.15, -0.1) is 10.2 Å². The molecule has 1 aliphatic heterocycles. The summed E-state index contributed by atoms with van der Waals surface area (Å²) in [6.45, 7) is 6.91. The van der Waals surface area contributed by atoms with Crippen LogP contribution in [0.25, 0.3) is 0 Å². The molecule has 11 heteroatoms. The average Bonchev–Trinajstić information content (AvgIpc) is 3.03. The van der Waals surface area contributed by atoms with Gasteiger partial charge in [0.25, 0.3) is 0 Å². The maximum absolute atomic E-state index is 13.2. The lowest BCUT2D eigenvalue weighted by atomic mass is 9.98. The predicted molar refractivity (Wildman–Crippen MR) is 103 cm³/mol. The fourth-order valence-electron chi connectivity index (χ4n) is 3.65. The molecule has 2 fully saturated rings. The van der Waals surface area contributed by atoms with E-state index in [9.17, 15) is 18.0 Å². The molecule has 156 valence electrons. The Balaban J connectivity index is 1.32. The number of anilines is 2. The molecular weight excluding hydrogens is 405 g/mol. The van der Waals surface area contributed by atoms with Crippen molar-refractivity contribution in [2.75, 3.05) is 23.3 Å². The number of aromatic nitrogens is 3. The molecule has 29 heavy (non-hydrogen) atoms. The molecule has 2 N–H and O–H groups in total. The van der Waals surface area contributed by atoms with Gasteiger partial charge in [0, 0.05) is 42.6 Å². The minimum Gasteiger partial charge on any atom is -0.355 e. The van der Waals surface area contributed by atoms with Crippen LogP contribution in [-0.4, -0.2) is 40.3 Å². The number of hydrogen-bond donors (Lipinski definition) is 2. The second-order valence-corrected chi connectivity index (χ2v) is 9.37. The van der Waals surface area contributed by atoms with Crippen molar-refractivity contribution in [2.24, 2.45) is 11.8 Å². The highest BCUT2D eigenvalue weighted by atomic mass is 32.1. The van der Waals surface area contributed by atoms with Crippen LogP contribution in [0, 0.1) is 11.8 Å². The van der Waals surface area contributed by atoms with E-state index in [1.54, 1.807) is 4.90 Å². The smallest absolute Gasteiger partial charge is 0.355 e. The van der Waals surface area contributed by atoms with Crippen LogP contribution >= 0.6 is 11.3 Å². The molecule has 4 rings (SSSR count). The molecule has 0 radical (unpaired) electrons. The minimum absolute atomic E-state index is 0.0426. The summed E-state index contributed by atoms with van der Waals surface area (Å²) in [7, 11) is 0. The summed E-state index contributed by atoms with van der Waals surface area (Å²) >= 11 is 1.32. The van der Waals surface area contributed by atoms with Crippen LogP contribution in [0.5, 0.6) is 0 Å². The lowest BCUT2D eigenvalue weighted by Gasteiger charge is -2.24. The first-order chi connectivity index (χ1) is 13.5. The van der Waals surface area contributed by atoms with Crippen molar-refractivity contribution < 1.29 is 18.0 Å². The van der Waals surface area contributed by atoms with Crippen molar-refractivity contribution >= 4 is 28.3 Å². The lowest BCUT2D eigenvalue weighted by molar-refractivity contribution is -0.137.